The van der Waals surface area contributed by atoms with E-state index < -0.39 is 9.04 Å². The lowest BCUT2D eigenvalue weighted by atomic mass is 10.4. The zero-order chi connectivity index (χ0) is 7.28. The van der Waals surface area contributed by atoms with Gasteiger partial charge in [-0.25, -0.2) is 0 Å². The Hall–Kier alpha value is 0.657. The third-order valence-electron chi connectivity index (χ3n) is 0.906. The molecule has 0 rings (SSSR count). The summed E-state index contributed by atoms with van der Waals surface area (Å²) in [6.07, 6.45) is 1.12. The lowest BCUT2D eigenvalue weighted by Crippen LogP contribution is -2.10. The second-order valence-corrected chi connectivity index (χ2v) is 5.99. The highest BCUT2D eigenvalue weighted by Crippen LogP contribution is 2.02. The average Bonchev–Trinajstić information content (AvgIpc) is 1.63. The molecule has 9 heavy (non-hydrogen) atoms. The fraction of sp³-hybridized carbons (Fsp3) is 1.00. The van der Waals surface area contributed by atoms with Crippen molar-refractivity contribution in [1.82, 2.24) is 0 Å². The zero-order valence-electron chi connectivity index (χ0n) is 6.28. The van der Waals surface area contributed by atoms with E-state index in [1.54, 1.807) is 0 Å². The summed E-state index contributed by atoms with van der Waals surface area (Å²) in [7, 11) is -0.451. The Morgan fingerprint density at radius 3 is 2.44 bits per heavy atom. The van der Waals surface area contributed by atoms with Gasteiger partial charge in [0, 0.05) is 11.4 Å². The summed E-state index contributed by atoms with van der Waals surface area (Å²) in [5.41, 5.74) is 0. The second kappa shape index (κ2) is 5.44. The topological polar surface area (TPSA) is 9.23 Å². The number of halogens is 1. The largest absolute Gasteiger partial charge is 0.417 e. The normalized spacial score (nSPS) is 14.3. The van der Waals surface area contributed by atoms with E-state index in [4.69, 9.17) is 4.43 Å². The summed E-state index contributed by atoms with van der Waals surface area (Å²) in [5, 5.41) is 0. The minimum absolute atomic E-state index is 0.451. The average molecular weight is 210 g/mol. The van der Waals surface area contributed by atoms with E-state index in [-0.39, 0.29) is 0 Å². The van der Waals surface area contributed by atoms with Gasteiger partial charge < -0.3 is 4.43 Å². The van der Waals surface area contributed by atoms with Crippen LogP contribution in [-0.2, 0) is 4.43 Å². The highest BCUT2D eigenvalue weighted by atomic mass is 79.9. The summed E-state index contributed by atoms with van der Waals surface area (Å²) in [5.74, 6) is 0. The molecule has 0 bridgehead atoms. The molecule has 1 nitrogen and oxygen atoms in total. The molecule has 0 aliphatic heterocycles. The van der Waals surface area contributed by atoms with Crippen molar-refractivity contribution in [3.05, 3.63) is 0 Å². The van der Waals surface area contributed by atoms with Crippen LogP contribution in [0.3, 0.4) is 0 Å². The van der Waals surface area contributed by atoms with Crippen molar-refractivity contribution in [2.45, 2.75) is 31.3 Å². The molecule has 0 N–H and O–H groups in total. The maximum absolute atomic E-state index is 5.42. The summed E-state index contributed by atoms with van der Waals surface area (Å²) in [6.45, 7) is 7.36. The van der Waals surface area contributed by atoms with E-state index in [1.807, 2.05) is 0 Å². The molecule has 0 aromatic rings. The van der Waals surface area contributed by atoms with Crippen LogP contribution >= 0.6 is 15.9 Å². The SMILES string of the molecule is CC(Br)CCO[Si](C)C. The molecule has 1 radical (unpaired) electrons. The molecule has 0 amide bonds. The van der Waals surface area contributed by atoms with E-state index >= 15 is 0 Å². The first-order valence-corrected chi connectivity index (χ1v) is 6.52. The summed E-state index contributed by atoms with van der Waals surface area (Å²) in [4.78, 5) is 0.596. The van der Waals surface area contributed by atoms with Crippen LogP contribution in [0.1, 0.15) is 13.3 Å². The van der Waals surface area contributed by atoms with Crippen molar-refractivity contribution < 1.29 is 4.43 Å². The van der Waals surface area contributed by atoms with Crippen LogP contribution in [0.2, 0.25) is 13.1 Å². The van der Waals surface area contributed by atoms with Crippen LogP contribution in [0, 0.1) is 0 Å². The summed E-state index contributed by atoms with van der Waals surface area (Å²) >= 11 is 3.46. The van der Waals surface area contributed by atoms with Crippen molar-refractivity contribution in [3.8, 4) is 0 Å². The van der Waals surface area contributed by atoms with Crippen LogP contribution in [0.4, 0.5) is 0 Å². The van der Waals surface area contributed by atoms with Gasteiger partial charge in [0.25, 0.3) is 0 Å². The predicted molar refractivity (Wildman–Crippen MR) is 46.4 cm³/mol. The molecule has 1 atom stereocenters. The molecule has 0 aliphatic carbocycles. The molecule has 55 valence electrons. The Morgan fingerprint density at radius 2 is 2.11 bits per heavy atom. The second-order valence-electron chi connectivity index (χ2n) is 2.33. The van der Waals surface area contributed by atoms with Crippen LogP contribution in [0.25, 0.3) is 0 Å². The standard InChI is InChI=1S/C6H14BrOSi/c1-6(7)4-5-8-9(2)3/h6H,4-5H2,1-3H3. The highest BCUT2D eigenvalue weighted by Gasteiger charge is 1.98. The predicted octanol–water partition coefficient (Wildman–Crippen LogP) is 2.43. The van der Waals surface area contributed by atoms with E-state index in [1.165, 1.54) is 0 Å². The van der Waals surface area contributed by atoms with E-state index in [9.17, 15) is 0 Å². The molecule has 0 spiro atoms. The van der Waals surface area contributed by atoms with Crippen LogP contribution in [0.15, 0.2) is 0 Å². The number of alkyl halides is 1. The molecule has 3 heteroatoms. The maximum Gasteiger partial charge on any atom is 0.204 e. The third kappa shape index (κ3) is 8.66. The first kappa shape index (κ1) is 9.66. The lowest BCUT2D eigenvalue weighted by molar-refractivity contribution is 0.320. The van der Waals surface area contributed by atoms with Gasteiger partial charge in [0.15, 0.2) is 0 Å². The van der Waals surface area contributed by atoms with E-state index in [0.717, 1.165) is 13.0 Å². The summed E-state index contributed by atoms with van der Waals surface area (Å²) < 4.78 is 5.42. The number of hydrogen-bond donors (Lipinski definition) is 0. The molecule has 0 saturated carbocycles. The Labute approximate surface area is 67.6 Å². The van der Waals surface area contributed by atoms with E-state index in [2.05, 4.69) is 35.9 Å². The molecular formula is C6H14BrOSi. The number of rotatable bonds is 4. The van der Waals surface area contributed by atoms with Gasteiger partial charge in [-0.2, -0.15) is 0 Å². The fourth-order valence-electron chi connectivity index (χ4n) is 0.425. The minimum atomic E-state index is -0.451. The van der Waals surface area contributed by atoms with E-state index in [0.29, 0.717) is 4.83 Å². The van der Waals surface area contributed by atoms with Gasteiger partial charge in [0.05, 0.1) is 0 Å². The first-order chi connectivity index (χ1) is 4.13. The van der Waals surface area contributed by atoms with Gasteiger partial charge >= 0.3 is 0 Å². The number of hydrogen-bond acceptors (Lipinski definition) is 1. The highest BCUT2D eigenvalue weighted by molar-refractivity contribution is 9.09. The quantitative estimate of drug-likeness (QED) is 0.511. The van der Waals surface area contributed by atoms with Crippen molar-refractivity contribution in [1.29, 1.82) is 0 Å². The minimum Gasteiger partial charge on any atom is -0.417 e. The van der Waals surface area contributed by atoms with Gasteiger partial charge in [-0.3, -0.25) is 0 Å². The Kier molecular flexibility index (Phi) is 5.84. The van der Waals surface area contributed by atoms with Crippen LogP contribution in [-0.4, -0.2) is 20.5 Å². The Bertz CT molecular complexity index is 58.1. The van der Waals surface area contributed by atoms with Crippen molar-refractivity contribution >= 4 is 25.0 Å². The zero-order valence-corrected chi connectivity index (χ0v) is 8.86. The van der Waals surface area contributed by atoms with Gasteiger partial charge in [-0.05, 0) is 19.5 Å². The van der Waals surface area contributed by atoms with Crippen molar-refractivity contribution in [2.75, 3.05) is 6.61 Å². The molecule has 0 heterocycles. The van der Waals surface area contributed by atoms with Crippen LogP contribution < -0.4 is 0 Å². The molecule has 0 aromatic heterocycles. The summed E-state index contributed by atoms with van der Waals surface area (Å²) in [6, 6.07) is 0. The van der Waals surface area contributed by atoms with Gasteiger partial charge in [-0.15, -0.1) is 0 Å². The molecule has 0 aliphatic rings. The maximum atomic E-state index is 5.42. The fourth-order valence-corrected chi connectivity index (χ4v) is 1.14. The Balaban J connectivity index is 2.91. The van der Waals surface area contributed by atoms with Gasteiger partial charge in [-0.1, -0.05) is 22.9 Å². The third-order valence-corrected chi connectivity index (χ3v) is 2.15. The molecule has 0 saturated heterocycles. The van der Waals surface area contributed by atoms with Gasteiger partial charge in [0.1, 0.15) is 0 Å². The van der Waals surface area contributed by atoms with Gasteiger partial charge in [0.2, 0.25) is 9.04 Å². The smallest absolute Gasteiger partial charge is 0.204 e. The first-order valence-electron chi connectivity index (χ1n) is 3.20. The van der Waals surface area contributed by atoms with Crippen LogP contribution in [0.5, 0.6) is 0 Å². The molecular weight excluding hydrogens is 196 g/mol. The molecule has 0 fully saturated rings. The van der Waals surface area contributed by atoms with Crippen molar-refractivity contribution in [3.63, 3.8) is 0 Å². The monoisotopic (exact) mass is 209 g/mol. The van der Waals surface area contributed by atoms with Crippen molar-refractivity contribution in [2.24, 2.45) is 0 Å². The Morgan fingerprint density at radius 1 is 1.56 bits per heavy atom. The molecule has 0 aromatic carbocycles. The molecule has 1 unspecified atom stereocenters. The lowest BCUT2D eigenvalue weighted by Gasteiger charge is -2.05.